The lowest BCUT2D eigenvalue weighted by Gasteiger charge is -2.55. The van der Waals surface area contributed by atoms with Crippen molar-refractivity contribution < 1.29 is 32.8 Å². The van der Waals surface area contributed by atoms with Gasteiger partial charge in [0.25, 0.3) is 8.32 Å². The first-order valence-electron chi connectivity index (χ1n) is 17.4. The second-order valence-electron chi connectivity index (χ2n) is 15.5. The predicted octanol–water partition coefficient (Wildman–Crippen LogP) is 6.95. The van der Waals surface area contributed by atoms with Gasteiger partial charge in [0.2, 0.25) is 0 Å². The molecule has 6 rings (SSSR count). The standard InChI is InChI=1S/C40H47BrO7Si/c1-38(2,3)49(27-12-8-6-9-13-27,28-14-10-7-11-15-28)48-33-17-19-35(44)40(37(45)46-5)30(36(41)32(42)24-31(33)40)20-22-39(4)29(16-18-34(39)43)26-21-23-47-25-26/h6-15,21,23,25,29-31,33,36H,16-20,22,24H2,1-5H3/t29-,30+,31-,33+,36?,39-,40+/m1/s1. The molecular formula is C40H47BrO7Si. The lowest BCUT2D eigenvalue weighted by atomic mass is 9.51. The van der Waals surface area contributed by atoms with E-state index in [9.17, 15) is 19.2 Å². The second-order valence-corrected chi connectivity index (χ2v) is 20.7. The number of Topliss-reactive ketones (excluding diaryl/α,β-unsaturated/α-hetero) is 3. The molecule has 3 fully saturated rings. The van der Waals surface area contributed by atoms with Crippen LogP contribution >= 0.6 is 15.9 Å². The van der Waals surface area contributed by atoms with Crippen LogP contribution in [0.5, 0.6) is 0 Å². The fourth-order valence-electron chi connectivity index (χ4n) is 9.61. The van der Waals surface area contributed by atoms with Crippen molar-refractivity contribution in [3.8, 4) is 0 Å². The maximum atomic E-state index is 14.5. The number of carbonyl (C=O) groups excluding carboxylic acids is 4. The first kappa shape index (κ1) is 35.7. The number of ketones is 3. The molecular weight excluding hydrogens is 700 g/mol. The van der Waals surface area contributed by atoms with Crippen LogP contribution in [0.25, 0.3) is 0 Å². The molecule has 49 heavy (non-hydrogen) atoms. The zero-order chi connectivity index (χ0) is 35.2. The van der Waals surface area contributed by atoms with Crippen molar-refractivity contribution in [1.29, 1.82) is 0 Å². The summed E-state index contributed by atoms with van der Waals surface area (Å²) in [4.78, 5) is 55.6. The molecule has 0 aliphatic heterocycles. The molecule has 1 aromatic heterocycles. The van der Waals surface area contributed by atoms with Gasteiger partial charge in [0.15, 0.2) is 5.78 Å². The highest BCUT2D eigenvalue weighted by Gasteiger charge is 2.68. The Hall–Kier alpha value is -3.14. The van der Waals surface area contributed by atoms with E-state index in [1.54, 1.807) is 12.5 Å². The van der Waals surface area contributed by atoms with Gasteiger partial charge in [0.05, 0.1) is 30.6 Å². The van der Waals surface area contributed by atoms with Crippen molar-refractivity contribution in [2.75, 3.05) is 7.11 Å². The van der Waals surface area contributed by atoms with Gasteiger partial charge in [0.1, 0.15) is 17.0 Å². The van der Waals surface area contributed by atoms with Crippen LogP contribution < -0.4 is 10.4 Å². The molecule has 2 aromatic carbocycles. The predicted molar refractivity (Wildman–Crippen MR) is 194 cm³/mol. The monoisotopic (exact) mass is 746 g/mol. The van der Waals surface area contributed by atoms with E-state index in [1.165, 1.54) is 7.11 Å². The minimum absolute atomic E-state index is 0.0178. The lowest BCUT2D eigenvalue weighted by molar-refractivity contribution is -0.180. The highest BCUT2D eigenvalue weighted by Crippen LogP contribution is 2.58. The summed E-state index contributed by atoms with van der Waals surface area (Å²) in [5, 5.41) is 1.83. The van der Waals surface area contributed by atoms with Gasteiger partial charge in [-0.15, -0.1) is 0 Å². The number of ether oxygens (including phenoxy) is 1. The van der Waals surface area contributed by atoms with Gasteiger partial charge < -0.3 is 13.6 Å². The summed E-state index contributed by atoms with van der Waals surface area (Å²) in [6, 6.07) is 22.4. The van der Waals surface area contributed by atoms with Crippen molar-refractivity contribution in [2.24, 2.45) is 22.7 Å². The summed E-state index contributed by atoms with van der Waals surface area (Å²) in [5.41, 5.74) is -1.36. The average molecular weight is 748 g/mol. The Bertz CT molecular complexity index is 1630. The quantitative estimate of drug-likeness (QED) is 0.101. The van der Waals surface area contributed by atoms with E-state index in [0.29, 0.717) is 32.1 Å². The summed E-state index contributed by atoms with van der Waals surface area (Å²) in [7, 11) is -1.79. The molecule has 0 amide bonds. The number of carbonyl (C=O) groups is 4. The number of halogens is 1. The SMILES string of the molecule is COC(=O)[C@]12C(=O)CC[C@H](O[Si](c3ccccc3)(c3ccccc3)C(C)(C)C)[C@H]1CC(=O)C(Br)[C@@H]2CC[C@@]1(C)C(=O)CC[C@@H]1c1ccoc1. The van der Waals surface area contributed by atoms with Crippen LogP contribution in [0.3, 0.4) is 0 Å². The molecule has 3 aromatic rings. The molecule has 0 N–H and O–H groups in total. The number of methoxy groups -OCH3 is 1. The van der Waals surface area contributed by atoms with Crippen LogP contribution in [0.2, 0.25) is 5.04 Å². The Morgan fingerprint density at radius 1 is 0.939 bits per heavy atom. The largest absolute Gasteiger partial charge is 0.472 e. The van der Waals surface area contributed by atoms with Crippen LogP contribution in [0.15, 0.2) is 83.7 Å². The molecule has 0 radical (unpaired) electrons. The smallest absolute Gasteiger partial charge is 0.320 e. The van der Waals surface area contributed by atoms with Crippen LogP contribution in [-0.4, -0.2) is 49.7 Å². The normalized spacial score (nSPS) is 30.7. The Kier molecular flexibility index (Phi) is 9.85. The summed E-state index contributed by atoms with van der Waals surface area (Å²) >= 11 is 3.68. The molecule has 9 heteroatoms. The van der Waals surface area contributed by atoms with E-state index in [-0.39, 0.29) is 41.1 Å². The lowest BCUT2D eigenvalue weighted by Crippen LogP contribution is -2.71. The third-order valence-electron chi connectivity index (χ3n) is 12.1. The summed E-state index contributed by atoms with van der Waals surface area (Å²) < 4.78 is 18.5. The molecule has 3 saturated carbocycles. The van der Waals surface area contributed by atoms with Crippen LogP contribution in [0, 0.1) is 22.7 Å². The minimum Gasteiger partial charge on any atom is -0.472 e. The number of hydrogen-bond acceptors (Lipinski definition) is 7. The molecule has 0 saturated heterocycles. The number of alkyl halides is 1. The number of rotatable bonds is 9. The Labute approximate surface area is 298 Å². The summed E-state index contributed by atoms with van der Waals surface area (Å²) in [5.74, 6) is -2.21. The van der Waals surface area contributed by atoms with Crippen molar-refractivity contribution in [3.05, 3.63) is 84.8 Å². The minimum atomic E-state index is -3.11. The zero-order valence-corrected chi connectivity index (χ0v) is 31.7. The van der Waals surface area contributed by atoms with E-state index < -0.39 is 47.9 Å². The summed E-state index contributed by atoms with van der Waals surface area (Å²) in [6.07, 6.45) is 5.20. The maximum absolute atomic E-state index is 14.5. The van der Waals surface area contributed by atoms with Gasteiger partial charge >= 0.3 is 5.97 Å². The van der Waals surface area contributed by atoms with E-state index >= 15 is 0 Å². The first-order valence-corrected chi connectivity index (χ1v) is 20.3. The number of fused-ring (bicyclic) bond motifs is 1. The average Bonchev–Trinajstić information content (AvgIpc) is 3.72. The van der Waals surface area contributed by atoms with Gasteiger partial charge in [-0.25, -0.2) is 0 Å². The van der Waals surface area contributed by atoms with E-state index in [1.807, 2.05) is 49.4 Å². The molecule has 3 aliphatic carbocycles. The number of benzene rings is 2. The van der Waals surface area contributed by atoms with E-state index in [4.69, 9.17) is 13.6 Å². The third-order valence-corrected chi connectivity index (χ3v) is 18.3. The van der Waals surface area contributed by atoms with Gasteiger partial charge in [-0.05, 0) is 58.6 Å². The van der Waals surface area contributed by atoms with Gasteiger partial charge in [-0.3, -0.25) is 19.2 Å². The highest BCUT2D eigenvalue weighted by molar-refractivity contribution is 9.10. The number of esters is 1. The van der Waals surface area contributed by atoms with E-state index in [0.717, 1.165) is 15.9 Å². The molecule has 3 aliphatic rings. The van der Waals surface area contributed by atoms with Crippen LogP contribution in [-0.2, 0) is 28.3 Å². The van der Waals surface area contributed by atoms with E-state index in [2.05, 4.69) is 61.0 Å². The third kappa shape index (κ3) is 5.74. The molecule has 260 valence electrons. The van der Waals surface area contributed by atoms with Crippen molar-refractivity contribution >= 4 is 57.9 Å². The Morgan fingerprint density at radius 2 is 1.55 bits per heavy atom. The van der Waals surface area contributed by atoms with Crippen molar-refractivity contribution in [2.45, 2.75) is 94.5 Å². The molecule has 7 nitrogen and oxygen atoms in total. The molecule has 0 spiro atoms. The number of hydrogen-bond donors (Lipinski definition) is 0. The Balaban J connectivity index is 1.45. The summed E-state index contributed by atoms with van der Waals surface area (Å²) in [6.45, 7) is 8.56. The number of furan rings is 1. The topological polar surface area (TPSA) is 99.9 Å². The van der Waals surface area contributed by atoms with Gasteiger partial charge in [0, 0.05) is 36.5 Å². The van der Waals surface area contributed by atoms with Crippen molar-refractivity contribution in [1.82, 2.24) is 0 Å². The first-order chi connectivity index (χ1) is 23.3. The van der Waals surface area contributed by atoms with Gasteiger partial charge in [-0.1, -0.05) is 104 Å². The fraction of sp³-hybridized carbons (Fsp3) is 0.500. The second kappa shape index (κ2) is 13.5. The fourth-order valence-corrected chi connectivity index (χ4v) is 15.2. The molecule has 7 atom stereocenters. The van der Waals surface area contributed by atoms with Gasteiger partial charge in [-0.2, -0.15) is 0 Å². The van der Waals surface area contributed by atoms with Crippen molar-refractivity contribution in [3.63, 3.8) is 0 Å². The molecule has 1 unspecified atom stereocenters. The zero-order valence-electron chi connectivity index (χ0n) is 29.1. The molecule has 0 bridgehead atoms. The Morgan fingerprint density at radius 3 is 2.10 bits per heavy atom. The highest BCUT2D eigenvalue weighted by atomic mass is 79.9. The van der Waals surface area contributed by atoms with Crippen LogP contribution in [0.1, 0.15) is 84.1 Å². The van der Waals surface area contributed by atoms with Crippen LogP contribution in [0.4, 0.5) is 0 Å². The molecule has 1 heterocycles. The maximum Gasteiger partial charge on any atom is 0.320 e.